The van der Waals surface area contributed by atoms with Gasteiger partial charge in [0, 0.05) is 6.20 Å². The Hall–Kier alpha value is -2.42. The molecule has 0 aliphatic heterocycles. The summed E-state index contributed by atoms with van der Waals surface area (Å²) in [6.45, 7) is 0. The van der Waals surface area contributed by atoms with Crippen molar-refractivity contribution in [3.63, 3.8) is 0 Å². The minimum absolute atomic E-state index is 0.168. The van der Waals surface area contributed by atoms with Crippen LogP contribution in [0.25, 0.3) is 0 Å². The van der Waals surface area contributed by atoms with Crippen LogP contribution in [-0.4, -0.2) is 19.3 Å². The molecule has 1 amide bonds. The van der Waals surface area contributed by atoms with E-state index in [1.54, 1.807) is 4.72 Å². The van der Waals surface area contributed by atoms with Crippen LogP contribution in [0.4, 0.5) is 13.2 Å². The predicted molar refractivity (Wildman–Crippen MR) is 70.3 cm³/mol. The highest BCUT2D eigenvalue weighted by atomic mass is 32.2. The Morgan fingerprint density at radius 1 is 1.09 bits per heavy atom. The molecule has 2 aromatic rings. The Labute approximate surface area is 123 Å². The molecule has 1 N–H and O–H groups in total. The molecule has 1 aromatic carbocycles. The van der Waals surface area contributed by atoms with E-state index in [0.29, 0.717) is 6.07 Å². The summed E-state index contributed by atoms with van der Waals surface area (Å²) in [5.41, 5.74) is -1.29. The fourth-order valence-electron chi connectivity index (χ4n) is 1.57. The Morgan fingerprint density at radius 3 is 2.41 bits per heavy atom. The van der Waals surface area contributed by atoms with Gasteiger partial charge in [0.1, 0.15) is 5.69 Å². The quantitative estimate of drug-likeness (QED) is 0.936. The van der Waals surface area contributed by atoms with Gasteiger partial charge in [0.15, 0.2) is 0 Å². The Morgan fingerprint density at radius 2 is 1.82 bits per heavy atom. The molecule has 0 saturated heterocycles. The molecular weight excluding hydrogens is 321 g/mol. The van der Waals surface area contributed by atoms with Gasteiger partial charge in [0.05, 0.1) is 10.5 Å². The number of hydrogen-bond acceptors (Lipinski definition) is 4. The van der Waals surface area contributed by atoms with Gasteiger partial charge >= 0.3 is 6.18 Å². The maximum Gasteiger partial charge on any atom is 0.416 e. The van der Waals surface area contributed by atoms with Gasteiger partial charge in [-0.3, -0.25) is 9.78 Å². The first-order chi connectivity index (χ1) is 10.2. The van der Waals surface area contributed by atoms with Crippen molar-refractivity contribution in [1.82, 2.24) is 9.71 Å². The summed E-state index contributed by atoms with van der Waals surface area (Å²) in [6, 6.07) is 7.37. The zero-order valence-electron chi connectivity index (χ0n) is 10.8. The van der Waals surface area contributed by atoms with Crippen LogP contribution in [0.5, 0.6) is 0 Å². The van der Waals surface area contributed by atoms with Gasteiger partial charge in [-0.05, 0) is 30.3 Å². The van der Waals surface area contributed by atoms with Crippen LogP contribution in [-0.2, 0) is 16.2 Å². The van der Waals surface area contributed by atoms with E-state index in [1.165, 1.54) is 24.4 Å². The van der Waals surface area contributed by atoms with Crippen LogP contribution in [0.15, 0.2) is 53.6 Å². The van der Waals surface area contributed by atoms with Gasteiger partial charge in [-0.25, -0.2) is 13.1 Å². The maximum atomic E-state index is 12.6. The molecule has 116 valence electrons. The molecule has 1 heterocycles. The fourth-order valence-corrected chi connectivity index (χ4v) is 2.58. The molecule has 2 rings (SSSR count). The number of rotatable bonds is 3. The molecule has 0 unspecified atom stereocenters. The second-order valence-electron chi connectivity index (χ2n) is 4.18. The number of hydrogen-bond donors (Lipinski definition) is 1. The predicted octanol–water partition coefficient (Wildman–Crippen LogP) is 2.22. The summed E-state index contributed by atoms with van der Waals surface area (Å²) in [5.74, 6) is -1.03. The summed E-state index contributed by atoms with van der Waals surface area (Å²) in [6.07, 6.45) is -3.40. The van der Waals surface area contributed by atoms with E-state index in [1.807, 2.05) is 0 Å². The lowest BCUT2D eigenvalue weighted by molar-refractivity contribution is -0.137. The van der Waals surface area contributed by atoms with Crippen LogP contribution >= 0.6 is 0 Å². The maximum absolute atomic E-state index is 12.6. The molecule has 1 aromatic heterocycles. The highest BCUT2D eigenvalue weighted by molar-refractivity contribution is 7.90. The number of nitrogens with one attached hydrogen (secondary N) is 1. The second-order valence-corrected chi connectivity index (χ2v) is 5.86. The molecule has 22 heavy (non-hydrogen) atoms. The third kappa shape index (κ3) is 3.61. The molecular formula is C13H9F3N2O3S. The molecule has 0 aliphatic carbocycles. The first kappa shape index (κ1) is 16.0. The van der Waals surface area contributed by atoms with Crippen molar-refractivity contribution in [1.29, 1.82) is 0 Å². The average Bonchev–Trinajstić information content (AvgIpc) is 2.47. The lowest BCUT2D eigenvalue weighted by Crippen LogP contribution is -2.31. The minimum Gasteiger partial charge on any atom is -0.266 e. The Kier molecular flexibility index (Phi) is 4.18. The Bertz CT molecular complexity index is 790. The standard InChI is InChI=1S/C13H9F3N2O3S/c14-13(15,16)9-4-3-5-10(8-9)22(20,21)18-12(19)11-6-1-2-7-17-11/h1-8H,(H,18,19). The SMILES string of the molecule is O=C(NS(=O)(=O)c1cccc(C(F)(F)F)c1)c1ccccn1. The van der Waals surface area contributed by atoms with Gasteiger partial charge in [0.25, 0.3) is 15.9 Å². The average molecular weight is 330 g/mol. The molecule has 0 radical (unpaired) electrons. The van der Waals surface area contributed by atoms with E-state index < -0.39 is 32.6 Å². The van der Waals surface area contributed by atoms with Gasteiger partial charge in [-0.2, -0.15) is 13.2 Å². The summed E-state index contributed by atoms with van der Waals surface area (Å²) in [4.78, 5) is 14.7. The van der Waals surface area contributed by atoms with Crippen molar-refractivity contribution in [3.05, 3.63) is 59.9 Å². The van der Waals surface area contributed by atoms with Crippen LogP contribution in [0.1, 0.15) is 16.1 Å². The molecule has 0 saturated carbocycles. The fraction of sp³-hybridized carbons (Fsp3) is 0.0769. The number of sulfonamides is 1. The topological polar surface area (TPSA) is 76.1 Å². The van der Waals surface area contributed by atoms with E-state index in [4.69, 9.17) is 0 Å². The van der Waals surface area contributed by atoms with E-state index >= 15 is 0 Å². The molecule has 0 bridgehead atoms. The molecule has 0 spiro atoms. The lowest BCUT2D eigenvalue weighted by atomic mass is 10.2. The molecule has 9 heteroatoms. The minimum atomic E-state index is -4.68. The number of amides is 1. The number of aromatic nitrogens is 1. The summed E-state index contributed by atoms with van der Waals surface area (Å²) in [5, 5.41) is 0. The summed E-state index contributed by atoms with van der Waals surface area (Å²) < 4.78 is 63.4. The zero-order chi connectivity index (χ0) is 16.4. The first-order valence-corrected chi connectivity index (χ1v) is 7.34. The van der Waals surface area contributed by atoms with Gasteiger partial charge in [-0.15, -0.1) is 0 Å². The monoisotopic (exact) mass is 330 g/mol. The van der Waals surface area contributed by atoms with Gasteiger partial charge < -0.3 is 0 Å². The number of alkyl halides is 3. The van der Waals surface area contributed by atoms with Crippen LogP contribution in [0, 0.1) is 0 Å². The molecule has 5 nitrogen and oxygen atoms in total. The third-order valence-corrected chi connectivity index (χ3v) is 3.92. The third-order valence-electron chi connectivity index (χ3n) is 2.60. The van der Waals surface area contributed by atoms with Crippen LogP contribution in [0.2, 0.25) is 0 Å². The largest absolute Gasteiger partial charge is 0.416 e. The number of carbonyl (C=O) groups is 1. The summed E-state index contributed by atoms with van der Waals surface area (Å²) >= 11 is 0. The summed E-state index contributed by atoms with van der Waals surface area (Å²) in [7, 11) is -4.43. The van der Waals surface area contributed by atoms with Crippen LogP contribution in [0.3, 0.4) is 0 Å². The van der Waals surface area contributed by atoms with Gasteiger partial charge in [0.2, 0.25) is 0 Å². The highest BCUT2D eigenvalue weighted by Crippen LogP contribution is 2.30. The van der Waals surface area contributed by atoms with Crippen molar-refractivity contribution in [2.24, 2.45) is 0 Å². The number of carbonyl (C=O) groups excluding carboxylic acids is 1. The normalized spacial score (nSPS) is 12.0. The number of benzene rings is 1. The smallest absolute Gasteiger partial charge is 0.266 e. The van der Waals surface area contributed by atoms with Crippen molar-refractivity contribution < 1.29 is 26.4 Å². The lowest BCUT2D eigenvalue weighted by Gasteiger charge is -2.10. The number of pyridine rings is 1. The molecule has 0 aliphatic rings. The molecule has 0 atom stereocenters. The van der Waals surface area contributed by atoms with Crippen LogP contribution < -0.4 is 4.72 Å². The van der Waals surface area contributed by atoms with E-state index in [-0.39, 0.29) is 5.69 Å². The van der Waals surface area contributed by atoms with E-state index in [0.717, 1.165) is 18.2 Å². The Balaban J connectivity index is 2.30. The van der Waals surface area contributed by atoms with E-state index in [9.17, 15) is 26.4 Å². The first-order valence-electron chi connectivity index (χ1n) is 5.85. The number of nitrogens with zero attached hydrogens (tertiary/aromatic N) is 1. The zero-order valence-corrected chi connectivity index (χ0v) is 11.6. The molecule has 0 fully saturated rings. The highest BCUT2D eigenvalue weighted by Gasteiger charge is 2.32. The van der Waals surface area contributed by atoms with Crippen molar-refractivity contribution in [2.75, 3.05) is 0 Å². The number of halogens is 3. The van der Waals surface area contributed by atoms with Gasteiger partial charge in [-0.1, -0.05) is 12.1 Å². The van der Waals surface area contributed by atoms with Crippen molar-refractivity contribution >= 4 is 15.9 Å². The van der Waals surface area contributed by atoms with E-state index in [2.05, 4.69) is 4.98 Å². The second kappa shape index (κ2) is 5.76. The van der Waals surface area contributed by atoms with Crippen molar-refractivity contribution in [3.8, 4) is 0 Å². The van der Waals surface area contributed by atoms with Crippen molar-refractivity contribution in [2.45, 2.75) is 11.1 Å².